The Labute approximate surface area is 144 Å². The molecule has 7 heteroatoms. The summed E-state index contributed by atoms with van der Waals surface area (Å²) in [6, 6.07) is 10.2. The lowest BCUT2D eigenvalue weighted by Gasteiger charge is -2.24. The molecule has 2 aromatic rings. The van der Waals surface area contributed by atoms with Crippen LogP contribution in [0.3, 0.4) is 0 Å². The van der Waals surface area contributed by atoms with Crippen LogP contribution in [0.5, 0.6) is 23.0 Å². The van der Waals surface area contributed by atoms with Gasteiger partial charge in [-0.2, -0.15) is 0 Å². The molecule has 0 fully saturated rings. The van der Waals surface area contributed by atoms with E-state index in [2.05, 4.69) is 5.32 Å². The van der Waals surface area contributed by atoms with E-state index in [9.17, 15) is 9.90 Å². The molecule has 1 atom stereocenters. The monoisotopic (exact) mass is 343 g/mol. The summed E-state index contributed by atoms with van der Waals surface area (Å²) in [7, 11) is 0. The smallest absolute Gasteiger partial charge is 0.251 e. The van der Waals surface area contributed by atoms with Crippen LogP contribution in [-0.2, 0) is 5.60 Å². The summed E-state index contributed by atoms with van der Waals surface area (Å²) in [6.45, 7) is 1.99. The summed E-state index contributed by atoms with van der Waals surface area (Å²) in [5, 5.41) is 13.5. The normalized spacial score (nSPS) is 16.4. The molecule has 0 spiro atoms. The van der Waals surface area contributed by atoms with Gasteiger partial charge in [0.15, 0.2) is 23.0 Å². The molecule has 7 nitrogen and oxygen atoms in total. The zero-order valence-electron chi connectivity index (χ0n) is 13.6. The number of fused-ring (bicyclic) bond motifs is 2. The maximum absolute atomic E-state index is 12.3. The Morgan fingerprint density at radius 1 is 1.00 bits per heavy atom. The largest absolute Gasteiger partial charge is 0.454 e. The molecular weight excluding hydrogens is 326 g/mol. The van der Waals surface area contributed by atoms with Crippen LogP contribution in [0.25, 0.3) is 0 Å². The van der Waals surface area contributed by atoms with Crippen molar-refractivity contribution in [2.45, 2.75) is 12.5 Å². The van der Waals surface area contributed by atoms with E-state index in [0.29, 0.717) is 34.1 Å². The van der Waals surface area contributed by atoms with Gasteiger partial charge in [-0.15, -0.1) is 0 Å². The fourth-order valence-electron chi connectivity index (χ4n) is 2.73. The van der Waals surface area contributed by atoms with Crippen LogP contribution in [0.1, 0.15) is 22.8 Å². The van der Waals surface area contributed by atoms with Gasteiger partial charge in [-0.1, -0.05) is 6.07 Å². The number of amides is 1. The summed E-state index contributed by atoms with van der Waals surface area (Å²) in [6.07, 6.45) is 0. The summed E-state index contributed by atoms with van der Waals surface area (Å²) in [4.78, 5) is 12.3. The third-order valence-corrected chi connectivity index (χ3v) is 4.22. The van der Waals surface area contributed by atoms with E-state index in [1.54, 1.807) is 43.3 Å². The van der Waals surface area contributed by atoms with Gasteiger partial charge in [-0.25, -0.2) is 0 Å². The minimum Gasteiger partial charge on any atom is -0.454 e. The topological polar surface area (TPSA) is 86.3 Å². The third-order valence-electron chi connectivity index (χ3n) is 4.22. The molecule has 2 N–H and O–H groups in total. The van der Waals surface area contributed by atoms with Gasteiger partial charge in [-0.05, 0) is 42.8 Å². The first kappa shape index (κ1) is 15.6. The number of nitrogens with one attached hydrogen (secondary N) is 1. The minimum atomic E-state index is -1.26. The van der Waals surface area contributed by atoms with Gasteiger partial charge in [0.05, 0.1) is 6.54 Å². The Bertz CT molecular complexity index is 832. The molecule has 2 aliphatic heterocycles. The lowest BCUT2D eigenvalue weighted by atomic mass is 9.95. The highest BCUT2D eigenvalue weighted by molar-refractivity contribution is 5.95. The molecule has 4 rings (SSSR count). The van der Waals surface area contributed by atoms with Crippen molar-refractivity contribution in [3.8, 4) is 23.0 Å². The molecule has 1 amide bonds. The standard InChI is InChI=1S/C18H17NO6/c1-18(21,12-3-5-14-16(7-12)25-10-23-14)8-19-17(20)11-2-4-13-15(6-11)24-9-22-13/h2-7,21H,8-10H2,1H3,(H,19,20). The van der Waals surface area contributed by atoms with Crippen LogP contribution in [0, 0.1) is 0 Å². The van der Waals surface area contributed by atoms with Gasteiger partial charge in [0.2, 0.25) is 13.6 Å². The second-order valence-electron chi connectivity index (χ2n) is 6.09. The molecule has 0 aromatic heterocycles. The zero-order chi connectivity index (χ0) is 17.4. The van der Waals surface area contributed by atoms with Crippen molar-refractivity contribution < 1.29 is 28.8 Å². The van der Waals surface area contributed by atoms with Crippen LogP contribution in [0.15, 0.2) is 36.4 Å². The Balaban J connectivity index is 1.45. The predicted octanol–water partition coefficient (Wildman–Crippen LogP) is 1.78. The molecule has 0 saturated carbocycles. The van der Waals surface area contributed by atoms with Gasteiger partial charge in [0.1, 0.15) is 5.60 Å². The second kappa shape index (κ2) is 5.86. The first-order valence-electron chi connectivity index (χ1n) is 7.83. The van der Waals surface area contributed by atoms with Crippen molar-refractivity contribution in [1.82, 2.24) is 5.32 Å². The van der Waals surface area contributed by atoms with Gasteiger partial charge in [0.25, 0.3) is 5.91 Å². The molecule has 2 aliphatic rings. The van der Waals surface area contributed by atoms with E-state index >= 15 is 0 Å². The number of carbonyl (C=O) groups excluding carboxylic acids is 1. The average molecular weight is 343 g/mol. The van der Waals surface area contributed by atoms with Crippen LogP contribution < -0.4 is 24.3 Å². The van der Waals surface area contributed by atoms with Gasteiger partial charge < -0.3 is 29.4 Å². The number of benzene rings is 2. The summed E-state index contributed by atoms with van der Waals surface area (Å²) in [5.41, 5.74) is -0.194. The van der Waals surface area contributed by atoms with E-state index in [4.69, 9.17) is 18.9 Å². The minimum absolute atomic E-state index is 0.0416. The van der Waals surface area contributed by atoms with Crippen molar-refractivity contribution in [3.63, 3.8) is 0 Å². The van der Waals surface area contributed by atoms with Crippen LogP contribution in [0.4, 0.5) is 0 Å². The maximum atomic E-state index is 12.3. The molecule has 0 radical (unpaired) electrons. The predicted molar refractivity (Wildman–Crippen MR) is 87.0 cm³/mol. The lowest BCUT2D eigenvalue weighted by molar-refractivity contribution is 0.0524. The first-order chi connectivity index (χ1) is 12.0. The van der Waals surface area contributed by atoms with E-state index in [0.717, 1.165) is 0 Å². The first-order valence-corrected chi connectivity index (χ1v) is 7.83. The molecule has 2 aromatic carbocycles. The van der Waals surface area contributed by atoms with Crippen molar-refractivity contribution in [1.29, 1.82) is 0 Å². The Kier molecular flexibility index (Phi) is 3.65. The van der Waals surface area contributed by atoms with Crippen molar-refractivity contribution in [3.05, 3.63) is 47.5 Å². The van der Waals surface area contributed by atoms with E-state index < -0.39 is 5.60 Å². The molecule has 25 heavy (non-hydrogen) atoms. The van der Waals surface area contributed by atoms with Crippen molar-refractivity contribution in [2.75, 3.05) is 20.1 Å². The fourth-order valence-corrected chi connectivity index (χ4v) is 2.73. The highest BCUT2D eigenvalue weighted by Crippen LogP contribution is 2.36. The molecule has 1 unspecified atom stereocenters. The molecule has 0 saturated heterocycles. The van der Waals surface area contributed by atoms with Gasteiger partial charge in [-0.3, -0.25) is 4.79 Å². The average Bonchev–Trinajstić information content (AvgIpc) is 3.26. The van der Waals surface area contributed by atoms with E-state index in [-0.39, 0.29) is 26.0 Å². The SMILES string of the molecule is CC(O)(CNC(=O)c1ccc2c(c1)OCO2)c1ccc2c(c1)OCO2. The number of carbonyl (C=O) groups is 1. The maximum Gasteiger partial charge on any atom is 0.251 e. The van der Waals surface area contributed by atoms with E-state index in [1.807, 2.05) is 0 Å². The van der Waals surface area contributed by atoms with Crippen LogP contribution >= 0.6 is 0 Å². The molecule has 0 aliphatic carbocycles. The summed E-state index contributed by atoms with van der Waals surface area (Å²) >= 11 is 0. The fraction of sp³-hybridized carbons (Fsp3) is 0.278. The van der Waals surface area contributed by atoms with Crippen LogP contribution in [0.2, 0.25) is 0 Å². The zero-order valence-corrected chi connectivity index (χ0v) is 13.6. The number of aliphatic hydroxyl groups is 1. The molecule has 2 heterocycles. The lowest BCUT2D eigenvalue weighted by Crippen LogP contribution is -2.38. The van der Waals surface area contributed by atoms with Crippen molar-refractivity contribution >= 4 is 5.91 Å². The summed E-state index contributed by atoms with van der Waals surface area (Å²) < 4.78 is 21.1. The quantitative estimate of drug-likeness (QED) is 0.880. The Morgan fingerprint density at radius 2 is 1.60 bits per heavy atom. The van der Waals surface area contributed by atoms with Gasteiger partial charge in [0, 0.05) is 5.56 Å². The molecule has 130 valence electrons. The Hall–Kier alpha value is -2.93. The molecule has 0 bridgehead atoms. The molecular formula is C18H17NO6. The number of rotatable bonds is 4. The van der Waals surface area contributed by atoms with E-state index in [1.165, 1.54) is 0 Å². The highest BCUT2D eigenvalue weighted by Gasteiger charge is 2.27. The van der Waals surface area contributed by atoms with Crippen LogP contribution in [-0.4, -0.2) is 31.1 Å². The third kappa shape index (κ3) is 2.94. The Morgan fingerprint density at radius 3 is 2.32 bits per heavy atom. The summed E-state index contributed by atoms with van der Waals surface area (Å²) in [5.74, 6) is 2.07. The highest BCUT2D eigenvalue weighted by atomic mass is 16.7. The number of hydrogen-bond acceptors (Lipinski definition) is 6. The number of ether oxygens (including phenoxy) is 4. The number of hydrogen-bond donors (Lipinski definition) is 2. The second-order valence-corrected chi connectivity index (χ2v) is 6.09. The van der Waals surface area contributed by atoms with Gasteiger partial charge >= 0.3 is 0 Å². The van der Waals surface area contributed by atoms with Crippen molar-refractivity contribution in [2.24, 2.45) is 0 Å².